The monoisotopic (exact) mass is 208 g/mol. The maximum atomic E-state index is 5.68. The average Bonchev–Trinajstić information content (AvgIpc) is 2.12. The number of hydrogen-bond acceptors (Lipinski definition) is 4. The van der Waals surface area contributed by atoms with Gasteiger partial charge >= 0.3 is 0 Å². The number of nitrogens with two attached hydrogens (primary N) is 1. The van der Waals surface area contributed by atoms with E-state index in [1.165, 1.54) is 0 Å². The minimum Gasteiger partial charge on any atom is -0.384 e. The third-order valence-electron chi connectivity index (χ3n) is 2.40. The summed E-state index contributed by atoms with van der Waals surface area (Å²) in [5.41, 5.74) is 6.61. The molecule has 1 aromatic heterocycles. The van der Waals surface area contributed by atoms with Crippen LogP contribution in [0.5, 0.6) is 0 Å². The van der Waals surface area contributed by atoms with Gasteiger partial charge < -0.3 is 5.73 Å². The van der Waals surface area contributed by atoms with E-state index in [2.05, 4.69) is 35.6 Å². The van der Waals surface area contributed by atoms with Crippen molar-refractivity contribution in [3.63, 3.8) is 0 Å². The van der Waals surface area contributed by atoms with E-state index in [0.717, 1.165) is 24.6 Å². The zero-order valence-corrected chi connectivity index (χ0v) is 9.99. The lowest BCUT2D eigenvalue weighted by Crippen LogP contribution is -2.30. The number of rotatable bonds is 4. The van der Waals surface area contributed by atoms with Crippen LogP contribution in [0.15, 0.2) is 6.07 Å². The molecular weight excluding hydrogens is 188 g/mol. The number of hydrogen-bond donors (Lipinski definition) is 1. The van der Waals surface area contributed by atoms with Gasteiger partial charge in [-0.25, -0.2) is 9.97 Å². The number of nitrogens with zero attached hydrogens (tertiary/aromatic N) is 3. The van der Waals surface area contributed by atoms with Crippen LogP contribution >= 0.6 is 0 Å². The normalized spacial score (nSPS) is 11.3. The lowest BCUT2D eigenvalue weighted by molar-refractivity contribution is 0.219. The molecule has 4 heteroatoms. The van der Waals surface area contributed by atoms with Crippen molar-refractivity contribution in [2.75, 3.05) is 12.3 Å². The lowest BCUT2D eigenvalue weighted by atomic mass is 10.3. The molecule has 0 amide bonds. The molecule has 84 valence electrons. The first-order chi connectivity index (χ1) is 7.02. The Kier molecular flexibility index (Phi) is 4.03. The van der Waals surface area contributed by atoms with Gasteiger partial charge in [0.1, 0.15) is 11.6 Å². The van der Waals surface area contributed by atoms with Crippen LogP contribution in [0.25, 0.3) is 0 Å². The molecule has 4 nitrogen and oxygen atoms in total. The highest BCUT2D eigenvalue weighted by molar-refractivity contribution is 5.29. The zero-order valence-electron chi connectivity index (χ0n) is 9.99. The Morgan fingerprint density at radius 2 is 2.07 bits per heavy atom. The number of aromatic nitrogens is 2. The molecule has 0 aliphatic carbocycles. The molecule has 0 spiro atoms. The van der Waals surface area contributed by atoms with Crippen LogP contribution in [0.3, 0.4) is 0 Å². The average molecular weight is 208 g/mol. The molecule has 0 aromatic carbocycles. The quantitative estimate of drug-likeness (QED) is 0.816. The van der Waals surface area contributed by atoms with Gasteiger partial charge in [-0.3, -0.25) is 4.90 Å². The highest BCUT2D eigenvalue weighted by Gasteiger charge is 2.10. The van der Waals surface area contributed by atoms with E-state index in [0.29, 0.717) is 11.9 Å². The Balaban J connectivity index is 2.79. The van der Waals surface area contributed by atoms with E-state index in [1.807, 2.05) is 6.92 Å². The molecule has 0 bridgehead atoms. The minimum atomic E-state index is 0.500. The van der Waals surface area contributed by atoms with Gasteiger partial charge in [0.05, 0.1) is 6.54 Å². The molecule has 0 atom stereocenters. The summed E-state index contributed by atoms with van der Waals surface area (Å²) in [5, 5.41) is 0. The van der Waals surface area contributed by atoms with E-state index in [1.54, 1.807) is 6.07 Å². The van der Waals surface area contributed by atoms with Gasteiger partial charge in [-0.1, -0.05) is 6.92 Å². The van der Waals surface area contributed by atoms with E-state index in [-0.39, 0.29) is 0 Å². The molecule has 2 N–H and O–H groups in total. The molecule has 1 aromatic rings. The first kappa shape index (κ1) is 11.9. The van der Waals surface area contributed by atoms with Crippen LogP contribution in [0.1, 0.15) is 32.3 Å². The summed E-state index contributed by atoms with van der Waals surface area (Å²) in [6, 6.07) is 2.29. The van der Waals surface area contributed by atoms with Crippen molar-refractivity contribution in [1.82, 2.24) is 14.9 Å². The maximum absolute atomic E-state index is 5.68. The first-order valence-electron chi connectivity index (χ1n) is 5.37. The number of anilines is 1. The fourth-order valence-corrected chi connectivity index (χ4v) is 1.57. The summed E-state index contributed by atoms with van der Waals surface area (Å²) < 4.78 is 0. The fraction of sp³-hybridized carbons (Fsp3) is 0.636. The third-order valence-corrected chi connectivity index (χ3v) is 2.40. The SMILES string of the molecule is CCN(Cc1nc(C)cc(N)n1)C(C)C. The Morgan fingerprint density at radius 3 is 2.53 bits per heavy atom. The van der Waals surface area contributed by atoms with Crippen molar-refractivity contribution < 1.29 is 0 Å². The first-order valence-corrected chi connectivity index (χ1v) is 5.37. The van der Waals surface area contributed by atoms with Crippen molar-refractivity contribution in [2.24, 2.45) is 0 Å². The van der Waals surface area contributed by atoms with Crippen LogP contribution in [0.4, 0.5) is 5.82 Å². The van der Waals surface area contributed by atoms with Gasteiger partial charge in [0, 0.05) is 17.8 Å². The largest absolute Gasteiger partial charge is 0.384 e. The zero-order chi connectivity index (χ0) is 11.4. The molecule has 0 saturated carbocycles. The van der Waals surface area contributed by atoms with E-state index >= 15 is 0 Å². The van der Waals surface area contributed by atoms with Gasteiger partial charge in [-0.2, -0.15) is 0 Å². The maximum Gasteiger partial charge on any atom is 0.144 e. The van der Waals surface area contributed by atoms with Crippen LogP contribution in [-0.4, -0.2) is 27.5 Å². The van der Waals surface area contributed by atoms with Crippen molar-refractivity contribution in [2.45, 2.75) is 40.3 Å². The van der Waals surface area contributed by atoms with Crippen molar-refractivity contribution >= 4 is 5.82 Å². The Bertz CT molecular complexity index is 302. The Morgan fingerprint density at radius 1 is 1.40 bits per heavy atom. The fourth-order valence-electron chi connectivity index (χ4n) is 1.57. The summed E-state index contributed by atoms with van der Waals surface area (Å²) >= 11 is 0. The van der Waals surface area contributed by atoms with Gasteiger partial charge in [0.25, 0.3) is 0 Å². The third kappa shape index (κ3) is 3.47. The highest BCUT2D eigenvalue weighted by Crippen LogP contribution is 2.07. The second-order valence-electron chi connectivity index (χ2n) is 4.01. The van der Waals surface area contributed by atoms with E-state index < -0.39 is 0 Å². The second-order valence-corrected chi connectivity index (χ2v) is 4.01. The summed E-state index contributed by atoms with van der Waals surface area (Å²) in [6.07, 6.45) is 0. The Labute approximate surface area is 91.5 Å². The lowest BCUT2D eigenvalue weighted by Gasteiger charge is -2.23. The summed E-state index contributed by atoms with van der Waals surface area (Å²) in [7, 11) is 0. The molecule has 0 aliphatic heterocycles. The number of aryl methyl sites for hydroxylation is 1. The van der Waals surface area contributed by atoms with E-state index in [4.69, 9.17) is 5.73 Å². The molecule has 0 radical (unpaired) electrons. The molecule has 1 heterocycles. The molecule has 0 saturated heterocycles. The summed E-state index contributed by atoms with van der Waals surface area (Å²) in [6.45, 7) is 10.2. The molecule has 1 rings (SSSR count). The predicted molar refractivity (Wildman–Crippen MR) is 62.4 cm³/mol. The van der Waals surface area contributed by atoms with Crippen LogP contribution in [0, 0.1) is 6.92 Å². The second kappa shape index (κ2) is 5.07. The molecule has 0 unspecified atom stereocenters. The van der Waals surface area contributed by atoms with Crippen molar-refractivity contribution in [3.05, 3.63) is 17.6 Å². The molecule has 15 heavy (non-hydrogen) atoms. The van der Waals surface area contributed by atoms with Gasteiger partial charge in [0.15, 0.2) is 0 Å². The van der Waals surface area contributed by atoms with Crippen molar-refractivity contribution in [1.29, 1.82) is 0 Å². The smallest absolute Gasteiger partial charge is 0.144 e. The summed E-state index contributed by atoms with van der Waals surface area (Å²) in [5.74, 6) is 1.36. The predicted octanol–water partition coefficient (Wildman–Crippen LogP) is 1.60. The summed E-state index contributed by atoms with van der Waals surface area (Å²) in [4.78, 5) is 10.9. The van der Waals surface area contributed by atoms with Gasteiger partial charge in [-0.05, 0) is 27.3 Å². The van der Waals surface area contributed by atoms with Crippen LogP contribution in [0.2, 0.25) is 0 Å². The molecule has 0 fully saturated rings. The van der Waals surface area contributed by atoms with E-state index in [9.17, 15) is 0 Å². The number of nitrogen functional groups attached to an aromatic ring is 1. The Hall–Kier alpha value is -1.16. The van der Waals surface area contributed by atoms with Crippen LogP contribution < -0.4 is 5.73 Å². The van der Waals surface area contributed by atoms with Gasteiger partial charge in [-0.15, -0.1) is 0 Å². The highest BCUT2D eigenvalue weighted by atomic mass is 15.2. The topological polar surface area (TPSA) is 55.0 Å². The van der Waals surface area contributed by atoms with Crippen LogP contribution in [-0.2, 0) is 6.54 Å². The van der Waals surface area contributed by atoms with Crippen molar-refractivity contribution in [3.8, 4) is 0 Å². The van der Waals surface area contributed by atoms with Gasteiger partial charge in [0.2, 0.25) is 0 Å². The molecule has 0 aliphatic rings. The minimum absolute atomic E-state index is 0.500. The molecular formula is C11H20N4. The standard InChI is InChI=1S/C11H20N4/c1-5-15(8(2)3)7-11-13-9(4)6-10(12)14-11/h6,8H,5,7H2,1-4H3,(H2,12,13,14).